The second-order valence-corrected chi connectivity index (χ2v) is 17.8. The summed E-state index contributed by atoms with van der Waals surface area (Å²) >= 11 is 6.73. The minimum atomic E-state index is -1.29. The van der Waals surface area contributed by atoms with Crippen LogP contribution in [0.25, 0.3) is 21.5 Å². The van der Waals surface area contributed by atoms with Gasteiger partial charge in [0.15, 0.2) is 6.23 Å². The number of carbonyl (C=O) groups excluding carboxylic acids is 4. The number of nitrogens with zero attached hydrogens (tertiary/aromatic N) is 3. The summed E-state index contributed by atoms with van der Waals surface area (Å²) in [5, 5.41) is 19.0. The van der Waals surface area contributed by atoms with Crippen LogP contribution in [0.5, 0.6) is 5.75 Å². The zero-order valence-electron chi connectivity index (χ0n) is 35.5. The van der Waals surface area contributed by atoms with Crippen LogP contribution in [0.1, 0.15) is 63.1 Å². The molecule has 6 atom stereocenters. The monoisotopic (exact) mass is 866 g/mol. The van der Waals surface area contributed by atoms with Gasteiger partial charge >= 0.3 is 5.97 Å². The lowest BCUT2D eigenvalue weighted by Crippen LogP contribution is -2.77. The van der Waals surface area contributed by atoms with Crippen LogP contribution >= 0.6 is 11.6 Å². The molecule has 2 saturated heterocycles. The first-order valence-electron chi connectivity index (χ1n) is 21.4. The molecule has 8 rings (SSSR count). The van der Waals surface area contributed by atoms with E-state index in [1.807, 2.05) is 124 Å². The molecule has 12 heteroatoms. The van der Waals surface area contributed by atoms with Crippen LogP contribution in [-0.4, -0.2) is 80.5 Å². The average Bonchev–Trinajstić information content (AvgIpc) is 3.59. The molecule has 2 N–H and O–H groups in total. The van der Waals surface area contributed by atoms with Crippen LogP contribution < -0.4 is 10.1 Å². The Kier molecular flexibility index (Phi) is 12.9. The van der Waals surface area contributed by atoms with Gasteiger partial charge in [-0.3, -0.25) is 29.1 Å². The van der Waals surface area contributed by atoms with Gasteiger partial charge in [-0.1, -0.05) is 129 Å². The summed E-state index contributed by atoms with van der Waals surface area (Å²) in [5.74, 6) is -1.64. The molecule has 3 heterocycles. The summed E-state index contributed by atoms with van der Waals surface area (Å²) in [5.41, 5.74) is 1.56. The third-order valence-corrected chi connectivity index (χ3v) is 12.2. The van der Waals surface area contributed by atoms with Crippen molar-refractivity contribution in [1.29, 1.82) is 0 Å². The van der Waals surface area contributed by atoms with Gasteiger partial charge in [-0.15, -0.1) is 0 Å². The standard InChI is InChI=1S/C51H51ClN4O7/c1-51(2,3)46(58)45(47(59)53-27-26-32-14-6-4-7-15-32)55-41(23-22-37-29-33-16-10-11-18-35(33)31-54-37)44(49(55)61)56-48(60)42(24-25-43(57)62-38-19-8-5-9-20-38)63-50(56)40-30-36(52)28-34-17-12-13-21-39(34)40/h4-21,28-31,41-42,44-46,50,58H,22-27H2,1-3H3,(H,53,59)/t41?,42?,44?,45?,46-,50?/m0/s1. The Bertz CT molecular complexity index is 2620. The maximum atomic E-state index is 15.1. The molecule has 5 aromatic carbocycles. The molecule has 0 spiro atoms. The molecule has 0 aliphatic carbocycles. The highest BCUT2D eigenvalue weighted by Gasteiger charge is 2.61. The number of β-lactam (4-membered cyclic amide) rings is 1. The van der Waals surface area contributed by atoms with E-state index in [2.05, 4.69) is 5.32 Å². The molecule has 5 unspecified atom stereocenters. The van der Waals surface area contributed by atoms with Crippen molar-refractivity contribution >= 4 is 56.8 Å². The van der Waals surface area contributed by atoms with Gasteiger partial charge in [0, 0.05) is 40.8 Å². The number of hydrogen-bond donors (Lipinski definition) is 2. The molecule has 1 aromatic heterocycles. The third kappa shape index (κ3) is 9.46. The SMILES string of the molecule is CC(C)(C)[C@@H](O)C(C(=O)NCCc1ccccc1)N1C(=O)C(N2C(=O)C(CCC(=O)Oc3ccccc3)OC2c2cc(Cl)cc3ccccc23)C1CCc1cc2ccccc2cn1. The summed E-state index contributed by atoms with van der Waals surface area (Å²) in [7, 11) is 0. The number of likely N-dealkylation sites (tertiary alicyclic amines) is 1. The Morgan fingerprint density at radius 2 is 1.49 bits per heavy atom. The van der Waals surface area contributed by atoms with Gasteiger partial charge < -0.3 is 24.8 Å². The number of para-hydroxylation sites is 1. The number of hydrogen-bond acceptors (Lipinski definition) is 8. The highest BCUT2D eigenvalue weighted by molar-refractivity contribution is 6.31. The molecule has 2 fully saturated rings. The zero-order chi connectivity index (χ0) is 44.3. The van der Waals surface area contributed by atoms with Crippen molar-refractivity contribution in [2.45, 2.75) is 89.4 Å². The number of halogens is 1. The molecule has 2 aliphatic heterocycles. The van der Waals surface area contributed by atoms with Gasteiger partial charge in [-0.05, 0) is 83.2 Å². The molecule has 0 radical (unpaired) electrons. The Hall–Kier alpha value is -6.14. The Morgan fingerprint density at radius 3 is 2.22 bits per heavy atom. The van der Waals surface area contributed by atoms with Gasteiger partial charge in [0.2, 0.25) is 11.8 Å². The zero-order valence-corrected chi connectivity index (χ0v) is 36.3. The number of rotatable bonds is 15. The van der Waals surface area contributed by atoms with Crippen LogP contribution in [0, 0.1) is 5.41 Å². The molecule has 6 aromatic rings. The number of aliphatic hydroxyl groups is 1. The molecule has 11 nitrogen and oxygen atoms in total. The van der Waals surface area contributed by atoms with E-state index in [1.54, 1.807) is 30.3 Å². The molecular weight excluding hydrogens is 816 g/mol. The van der Waals surface area contributed by atoms with Gasteiger partial charge in [0.05, 0.1) is 12.1 Å². The summed E-state index contributed by atoms with van der Waals surface area (Å²) in [6.07, 6.45) is -0.565. The fourth-order valence-corrected chi connectivity index (χ4v) is 8.95. The van der Waals surface area contributed by atoms with E-state index in [0.29, 0.717) is 35.6 Å². The maximum Gasteiger partial charge on any atom is 0.311 e. The smallest absolute Gasteiger partial charge is 0.311 e. The van der Waals surface area contributed by atoms with E-state index in [9.17, 15) is 19.5 Å². The fraction of sp³-hybridized carbons (Fsp3) is 0.314. The van der Waals surface area contributed by atoms with Crippen LogP contribution in [0.15, 0.2) is 134 Å². The number of esters is 1. The molecule has 3 amide bonds. The van der Waals surface area contributed by atoms with Gasteiger partial charge in [-0.25, -0.2) is 0 Å². The van der Waals surface area contributed by atoms with Crippen molar-refractivity contribution < 1.29 is 33.8 Å². The minimum Gasteiger partial charge on any atom is -0.427 e. The van der Waals surface area contributed by atoms with Crippen molar-refractivity contribution in [3.63, 3.8) is 0 Å². The van der Waals surface area contributed by atoms with E-state index in [4.69, 9.17) is 26.1 Å². The quantitative estimate of drug-likeness (QED) is 0.0602. The first kappa shape index (κ1) is 43.5. The molecule has 2 aliphatic rings. The number of carbonyl (C=O) groups is 4. The van der Waals surface area contributed by atoms with E-state index in [-0.39, 0.29) is 19.4 Å². The van der Waals surface area contributed by atoms with Crippen LogP contribution in [0.4, 0.5) is 0 Å². The number of aryl methyl sites for hydroxylation is 1. The van der Waals surface area contributed by atoms with E-state index < -0.39 is 65.7 Å². The third-order valence-electron chi connectivity index (χ3n) is 12.0. The molecular formula is C51H51ClN4O7. The number of amides is 3. The molecule has 0 bridgehead atoms. The van der Waals surface area contributed by atoms with Crippen LogP contribution in [0.2, 0.25) is 5.02 Å². The van der Waals surface area contributed by atoms with Crippen molar-refractivity contribution in [2.24, 2.45) is 5.41 Å². The number of ether oxygens (including phenoxy) is 2. The van der Waals surface area contributed by atoms with Gasteiger partial charge in [0.1, 0.15) is 23.9 Å². The second-order valence-electron chi connectivity index (χ2n) is 17.4. The number of pyridine rings is 1. The Balaban J connectivity index is 1.16. The van der Waals surface area contributed by atoms with E-state index in [1.165, 1.54) is 9.80 Å². The fourth-order valence-electron chi connectivity index (χ4n) is 8.72. The Morgan fingerprint density at radius 1 is 0.825 bits per heavy atom. The van der Waals surface area contributed by atoms with Crippen LogP contribution in [-0.2, 0) is 36.8 Å². The normalized spacial score (nSPS) is 19.8. The summed E-state index contributed by atoms with van der Waals surface area (Å²) in [4.78, 5) is 65.2. The summed E-state index contributed by atoms with van der Waals surface area (Å²) in [6, 6.07) is 36.3. The van der Waals surface area contributed by atoms with Crippen molar-refractivity contribution in [3.8, 4) is 5.75 Å². The van der Waals surface area contributed by atoms with E-state index >= 15 is 4.79 Å². The Labute approximate surface area is 372 Å². The highest BCUT2D eigenvalue weighted by Crippen LogP contribution is 2.45. The van der Waals surface area contributed by atoms with Crippen molar-refractivity contribution in [2.75, 3.05) is 6.54 Å². The predicted octanol–water partition coefficient (Wildman–Crippen LogP) is 8.00. The average molecular weight is 867 g/mol. The molecule has 63 heavy (non-hydrogen) atoms. The maximum absolute atomic E-state index is 15.1. The highest BCUT2D eigenvalue weighted by atomic mass is 35.5. The largest absolute Gasteiger partial charge is 0.427 e. The predicted molar refractivity (Wildman–Crippen MR) is 242 cm³/mol. The number of aliphatic hydroxyl groups excluding tert-OH is 1. The lowest BCUT2D eigenvalue weighted by atomic mass is 9.79. The minimum absolute atomic E-state index is 0.0124. The first-order valence-corrected chi connectivity index (χ1v) is 21.8. The number of fused-ring (bicyclic) bond motifs is 2. The van der Waals surface area contributed by atoms with Crippen molar-refractivity contribution in [1.82, 2.24) is 20.1 Å². The summed E-state index contributed by atoms with van der Waals surface area (Å²) in [6.45, 7) is 5.75. The van der Waals surface area contributed by atoms with Gasteiger partial charge in [0.25, 0.3) is 5.91 Å². The number of nitrogens with one attached hydrogen (secondary N) is 1. The lowest BCUT2D eigenvalue weighted by molar-refractivity contribution is -0.183. The van der Waals surface area contributed by atoms with Crippen LogP contribution in [0.3, 0.4) is 0 Å². The topological polar surface area (TPSA) is 138 Å². The summed E-state index contributed by atoms with van der Waals surface area (Å²) < 4.78 is 12.2. The lowest BCUT2D eigenvalue weighted by Gasteiger charge is -2.55. The first-order chi connectivity index (χ1) is 30.4. The number of benzene rings is 5. The second kappa shape index (κ2) is 18.7. The number of aromatic nitrogens is 1. The van der Waals surface area contributed by atoms with Crippen molar-refractivity contribution in [3.05, 3.63) is 155 Å². The molecule has 324 valence electrons. The van der Waals surface area contributed by atoms with E-state index in [0.717, 1.165) is 32.8 Å². The van der Waals surface area contributed by atoms with Gasteiger partial charge in [-0.2, -0.15) is 0 Å². The molecule has 0 saturated carbocycles.